The van der Waals surface area contributed by atoms with Crippen molar-refractivity contribution in [1.29, 1.82) is 0 Å². The Labute approximate surface area is 223 Å². The number of thiophene rings is 1. The molecule has 182 valence electrons. The van der Waals surface area contributed by atoms with Gasteiger partial charge in [0.15, 0.2) is 11.6 Å². The molecule has 0 fully saturated rings. The Balaban J connectivity index is 1.30. The highest BCUT2D eigenvalue weighted by atomic mass is 32.1. The molecule has 38 heavy (non-hydrogen) atoms. The summed E-state index contributed by atoms with van der Waals surface area (Å²) in [6, 6.07) is 18.7. The number of aryl methyl sites for hydroxylation is 1. The fourth-order valence-corrected chi connectivity index (χ4v) is 6.97. The van der Waals surface area contributed by atoms with Gasteiger partial charge in [0, 0.05) is 44.5 Å². The van der Waals surface area contributed by atoms with E-state index in [2.05, 4.69) is 69.3 Å². The molecule has 5 nitrogen and oxygen atoms in total. The predicted octanol–water partition coefficient (Wildman–Crippen LogP) is 7.68. The standard InChI is InChI=1S/C32H23N5S/c1-2-8-20(9-3-1)31-34-19-35-32(36-31)21-14-16-22(17-15-21)37-25-12-6-4-10-23(25)29-30(37)28-24-11-5-7-13-26(24)38-27(28)18-33-29/h1-4,7-10,13-19H,5-6,11-12H2. The lowest BCUT2D eigenvalue weighted by Crippen LogP contribution is -2.03. The average molecular weight is 510 g/mol. The molecule has 0 saturated heterocycles. The fraction of sp³-hybridized carbons (Fsp3) is 0.125. The Bertz CT molecular complexity index is 1910. The molecule has 0 bridgehead atoms. The van der Waals surface area contributed by atoms with E-state index < -0.39 is 0 Å². The molecule has 8 rings (SSSR count). The van der Waals surface area contributed by atoms with Crippen molar-refractivity contribution in [1.82, 2.24) is 24.5 Å². The van der Waals surface area contributed by atoms with E-state index in [1.54, 1.807) is 6.33 Å². The van der Waals surface area contributed by atoms with E-state index in [1.165, 1.54) is 37.3 Å². The van der Waals surface area contributed by atoms with Gasteiger partial charge in [-0.2, -0.15) is 0 Å². The molecular weight excluding hydrogens is 486 g/mol. The second-order valence-corrected chi connectivity index (χ2v) is 10.8. The first-order valence-corrected chi connectivity index (χ1v) is 13.8. The van der Waals surface area contributed by atoms with Crippen LogP contribution in [0.1, 0.15) is 34.5 Å². The van der Waals surface area contributed by atoms with E-state index in [-0.39, 0.29) is 0 Å². The van der Waals surface area contributed by atoms with Crippen LogP contribution in [-0.4, -0.2) is 24.5 Å². The minimum atomic E-state index is 0.676. The monoisotopic (exact) mass is 509 g/mol. The van der Waals surface area contributed by atoms with Gasteiger partial charge in [0.1, 0.15) is 6.33 Å². The highest BCUT2D eigenvalue weighted by molar-refractivity contribution is 7.20. The molecule has 0 N–H and O–H groups in total. The molecule has 0 saturated carbocycles. The molecule has 0 radical (unpaired) electrons. The van der Waals surface area contributed by atoms with Crippen LogP contribution in [0, 0.1) is 0 Å². The molecule has 2 aliphatic rings. The van der Waals surface area contributed by atoms with E-state index in [0.717, 1.165) is 48.0 Å². The number of pyridine rings is 1. The molecule has 0 aliphatic heterocycles. The van der Waals surface area contributed by atoms with Gasteiger partial charge in [-0.15, -0.1) is 11.3 Å². The molecule has 2 aromatic carbocycles. The number of fused-ring (bicyclic) bond motifs is 7. The van der Waals surface area contributed by atoms with E-state index in [0.29, 0.717) is 11.6 Å². The number of nitrogens with zero attached hydrogens (tertiary/aromatic N) is 5. The molecule has 6 heteroatoms. The van der Waals surface area contributed by atoms with E-state index >= 15 is 0 Å². The van der Waals surface area contributed by atoms with Crippen LogP contribution in [0.15, 0.2) is 79.3 Å². The van der Waals surface area contributed by atoms with Gasteiger partial charge in [0.25, 0.3) is 0 Å². The van der Waals surface area contributed by atoms with Crippen LogP contribution in [-0.2, 0) is 12.8 Å². The summed E-state index contributed by atoms with van der Waals surface area (Å²) in [5.74, 6) is 1.36. The topological polar surface area (TPSA) is 56.5 Å². The molecule has 0 unspecified atom stereocenters. The van der Waals surface area contributed by atoms with Crippen molar-refractivity contribution in [3.8, 4) is 28.5 Å². The predicted molar refractivity (Wildman–Crippen MR) is 155 cm³/mol. The van der Waals surface area contributed by atoms with Crippen molar-refractivity contribution in [2.45, 2.75) is 25.7 Å². The molecule has 6 aromatic rings. The van der Waals surface area contributed by atoms with E-state index in [1.807, 2.05) is 41.7 Å². The van der Waals surface area contributed by atoms with Crippen LogP contribution >= 0.6 is 11.3 Å². The summed E-state index contributed by atoms with van der Waals surface area (Å²) in [7, 11) is 0. The minimum Gasteiger partial charge on any atom is -0.311 e. The molecule has 0 spiro atoms. The maximum Gasteiger partial charge on any atom is 0.163 e. The van der Waals surface area contributed by atoms with Crippen molar-refractivity contribution < 1.29 is 0 Å². The summed E-state index contributed by atoms with van der Waals surface area (Å²) in [6.45, 7) is 0. The van der Waals surface area contributed by atoms with Gasteiger partial charge in [-0.25, -0.2) is 15.0 Å². The molecule has 0 amide bonds. The maximum atomic E-state index is 5.00. The van der Waals surface area contributed by atoms with Crippen LogP contribution in [0.3, 0.4) is 0 Å². The van der Waals surface area contributed by atoms with Crippen LogP contribution in [0.2, 0.25) is 0 Å². The van der Waals surface area contributed by atoms with Gasteiger partial charge >= 0.3 is 0 Å². The lowest BCUT2D eigenvalue weighted by molar-refractivity contribution is 0.889. The third kappa shape index (κ3) is 3.30. The highest BCUT2D eigenvalue weighted by Gasteiger charge is 2.25. The largest absolute Gasteiger partial charge is 0.311 e. The second kappa shape index (κ2) is 8.57. The number of rotatable bonds is 3. The quantitative estimate of drug-likeness (QED) is 0.246. The zero-order chi connectivity index (χ0) is 25.1. The summed E-state index contributed by atoms with van der Waals surface area (Å²) in [5, 5.41) is 1.37. The Morgan fingerprint density at radius 2 is 1.53 bits per heavy atom. The number of aromatic nitrogens is 5. The zero-order valence-electron chi connectivity index (χ0n) is 20.6. The lowest BCUT2D eigenvalue weighted by atomic mass is 10.0. The van der Waals surface area contributed by atoms with Crippen LogP contribution < -0.4 is 0 Å². The highest BCUT2D eigenvalue weighted by Crippen LogP contribution is 2.43. The van der Waals surface area contributed by atoms with Gasteiger partial charge < -0.3 is 4.57 Å². The van der Waals surface area contributed by atoms with Gasteiger partial charge in [-0.1, -0.05) is 48.6 Å². The molecule has 0 atom stereocenters. The molecule has 2 aliphatic carbocycles. The van der Waals surface area contributed by atoms with Crippen LogP contribution in [0.5, 0.6) is 0 Å². The third-order valence-corrected chi connectivity index (χ3v) is 8.68. The first-order valence-electron chi connectivity index (χ1n) is 13.0. The van der Waals surface area contributed by atoms with Crippen molar-refractivity contribution in [2.75, 3.05) is 0 Å². The summed E-state index contributed by atoms with van der Waals surface area (Å²) in [4.78, 5) is 20.0. The molecule has 4 aromatic heterocycles. The van der Waals surface area contributed by atoms with Gasteiger partial charge in [-0.05, 0) is 61.6 Å². The first-order chi connectivity index (χ1) is 18.8. The third-order valence-electron chi connectivity index (χ3n) is 7.55. The summed E-state index contributed by atoms with van der Waals surface area (Å²) < 4.78 is 3.73. The summed E-state index contributed by atoms with van der Waals surface area (Å²) >= 11 is 1.86. The Kier molecular flexibility index (Phi) is 4.88. The van der Waals surface area contributed by atoms with Gasteiger partial charge in [0.05, 0.1) is 15.7 Å². The second-order valence-electron chi connectivity index (χ2n) is 9.76. The zero-order valence-corrected chi connectivity index (χ0v) is 21.4. The smallest absolute Gasteiger partial charge is 0.163 e. The van der Waals surface area contributed by atoms with Crippen molar-refractivity contribution in [3.05, 3.63) is 101 Å². The lowest BCUT2D eigenvalue weighted by Gasteiger charge is -2.14. The van der Waals surface area contributed by atoms with Crippen molar-refractivity contribution in [3.63, 3.8) is 0 Å². The van der Waals surface area contributed by atoms with Crippen LogP contribution in [0.4, 0.5) is 0 Å². The Morgan fingerprint density at radius 3 is 2.37 bits per heavy atom. The van der Waals surface area contributed by atoms with Gasteiger partial charge in [0.2, 0.25) is 0 Å². The number of hydrogen-bond acceptors (Lipinski definition) is 5. The average Bonchev–Trinajstić information content (AvgIpc) is 3.53. The molecule has 4 heterocycles. The van der Waals surface area contributed by atoms with Gasteiger partial charge in [-0.3, -0.25) is 4.98 Å². The van der Waals surface area contributed by atoms with E-state index in [9.17, 15) is 0 Å². The fourth-order valence-electron chi connectivity index (χ4n) is 5.81. The van der Waals surface area contributed by atoms with E-state index in [4.69, 9.17) is 9.97 Å². The Hall–Kier alpha value is -4.42. The Morgan fingerprint density at radius 1 is 0.763 bits per heavy atom. The van der Waals surface area contributed by atoms with Crippen LogP contribution in [0.25, 0.3) is 61.7 Å². The summed E-state index contributed by atoms with van der Waals surface area (Å²) in [6.07, 6.45) is 17.0. The normalized spacial score (nSPS) is 14.2. The SMILES string of the molecule is C1=Cc2sc3cnc4c5c(n(-c6ccc(-c7ncnc(-c8ccccc8)n7)cc6)c4c3c2CC1)CCC=C5. The number of hydrogen-bond donors (Lipinski definition) is 0. The number of benzene rings is 2. The number of allylic oxidation sites excluding steroid dienone is 2. The summed E-state index contributed by atoms with van der Waals surface area (Å²) in [5.41, 5.74) is 9.51. The van der Waals surface area contributed by atoms with Crippen molar-refractivity contribution >= 4 is 44.6 Å². The molecular formula is C32H23N5S. The minimum absolute atomic E-state index is 0.676. The van der Waals surface area contributed by atoms with Crippen molar-refractivity contribution in [2.24, 2.45) is 0 Å². The maximum absolute atomic E-state index is 5.00. The first kappa shape index (κ1) is 21.6.